The Labute approximate surface area is 213 Å². The van der Waals surface area contributed by atoms with Crippen LogP contribution >= 0.6 is 0 Å². The molecule has 4 N–H and O–H groups in total. The van der Waals surface area contributed by atoms with E-state index in [4.69, 9.17) is 0 Å². The number of carboxylic acids is 2. The Bertz CT molecular complexity index is 778. The van der Waals surface area contributed by atoms with Gasteiger partial charge in [-0.2, -0.15) is 0 Å². The Morgan fingerprint density at radius 3 is 2.22 bits per heavy atom. The van der Waals surface area contributed by atoms with Gasteiger partial charge in [0, 0.05) is 19.0 Å². The Kier molecular flexibility index (Phi) is 12.1. The monoisotopic (exact) mass is 510 g/mol. The SMILES string of the molecule is CCN(CC(=O)N[C@@H](CC(=O)O)C(=O)N(C1CCCC1)[C@@H](C)C(=O)O)C(=O)CCCC1CCNCC1. The lowest BCUT2D eigenvalue weighted by molar-refractivity contribution is -0.154. The van der Waals surface area contributed by atoms with Crippen molar-refractivity contribution in [3.05, 3.63) is 0 Å². The minimum atomic E-state index is -1.41. The average molecular weight is 511 g/mol. The van der Waals surface area contributed by atoms with E-state index < -0.39 is 42.3 Å². The van der Waals surface area contributed by atoms with E-state index >= 15 is 0 Å². The normalized spacial score (nSPS) is 18.3. The Balaban J connectivity index is 1.99. The second-order valence-corrected chi connectivity index (χ2v) is 9.91. The van der Waals surface area contributed by atoms with Crippen LogP contribution in [-0.4, -0.2) is 94.0 Å². The smallest absolute Gasteiger partial charge is 0.326 e. The molecule has 0 aromatic heterocycles. The van der Waals surface area contributed by atoms with Crippen molar-refractivity contribution in [2.45, 2.75) is 96.2 Å². The minimum Gasteiger partial charge on any atom is -0.481 e. The fourth-order valence-corrected chi connectivity index (χ4v) is 5.20. The molecule has 0 spiro atoms. The summed E-state index contributed by atoms with van der Waals surface area (Å²) < 4.78 is 0. The molecule has 0 aromatic carbocycles. The zero-order valence-corrected chi connectivity index (χ0v) is 21.5. The predicted molar refractivity (Wildman–Crippen MR) is 132 cm³/mol. The number of carbonyl (C=O) groups excluding carboxylic acids is 3. The van der Waals surface area contributed by atoms with Gasteiger partial charge < -0.3 is 30.6 Å². The molecule has 0 bridgehead atoms. The van der Waals surface area contributed by atoms with Crippen LogP contribution < -0.4 is 10.6 Å². The summed E-state index contributed by atoms with van der Waals surface area (Å²) in [4.78, 5) is 64.6. The second kappa shape index (κ2) is 14.8. The van der Waals surface area contributed by atoms with Crippen molar-refractivity contribution < 1.29 is 34.2 Å². The third-order valence-corrected chi connectivity index (χ3v) is 7.29. The third kappa shape index (κ3) is 9.07. The van der Waals surface area contributed by atoms with E-state index in [0.717, 1.165) is 51.6 Å². The van der Waals surface area contributed by atoms with E-state index in [0.29, 0.717) is 31.7 Å². The summed E-state index contributed by atoms with van der Waals surface area (Å²) >= 11 is 0. The van der Waals surface area contributed by atoms with Gasteiger partial charge in [0.25, 0.3) is 0 Å². The molecule has 2 fully saturated rings. The molecular weight excluding hydrogens is 468 g/mol. The molecule has 204 valence electrons. The Morgan fingerprint density at radius 1 is 1.03 bits per heavy atom. The van der Waals surface area contributed by atoms with Crippen molar-refractivity contribution in [1.29, 1.82) is 0 Å². The van der Waals surface area contributed by atoms with Gasteiger partial charge in [-0.05, 0) is 71.4 Å². The molecule has 2 atom stereocenters. The number of carboxylic acid groups (broad SMARTS) is 2. The van der Waals surface area contributed by atoms with Crippen LogP contribution in [0.5, 0.6) is 0 Å². The number of carbonyl (C=O) groups is 5. The summed E-state index contributed by atoms with van der Waals surface area (Å²) in [6, 6.07) is -2.88. The highest BCUT2D eigenvalue weighted by atomic mass is 16.4. The van der Waals surface area contributed by atoms with Crippen LogP contribution in [-0.2, 0) is 24.0 Å². The number of hydrogen-bond acceptors (Lipinski definition) is 6. The molecule has 11 heteroatoms. The van der Waals surface area contributed by atoms with Crippen LogP contribution in [0.15, 0.2) is 0 Å². The standard InChI is InChI=1S/C25H42N4O7/c1-3-28(22(31)10-6-7-18-11-13-26-14-12-18)16-21(30)27-20(15-23(32)33)24(34)29(17(2)25(35)36)19-8-4-5-9-19/h17-20,26H,3-16H2,1-2H3,(H,27,30)(H,32,33)(H,35,36)/t17-,20-/m0/s1. The maximum Gasteiger partial charge on any atom is 0.326 e. The number of nitrogens with one attached hydrogen (secondary N) is 2. The fraction of sp³-hybridized carbons (Fsp3) is 0.800. The fourth-order valence-electron chi connectivity index (χ4n) is 5.20. The lowest BCUT2D eigenvalue weighted by Crippen LogP contribution is -2.57. The molecule has 2 aliphatic rings. The van der Waals surface area contributed by atoms with Gasteiger partial charge in [-0.1, -0.05) is 12.8 Å². The van der Waals surface area contributed by atoms with Crippen molar-refractivity contribution in [3.8, 4) is 0 Å². The zero-order valence-electron chi connectivity index (χ0n) is 21.5. The molecule has 0 radical (unpaired) electrons. The van der Waals surface area contributed by atoms with Crippen molar-refractivity contribution in [2.75, 3.05) is 26.2 Å². The van der Waals surface area contributed by atoms with Gasteiger partial charge in [0.05, 0.1) is 13.0 Å². The summed E-state index contributed by atoms with van der Waals surface area (Å²) in [6.45, 7) is 5.16. The summed E-state index contributed by atoms with van der Waals surface area (Å²) in [7, 11) is 0. The first-order chi connectivity index (χ1) is 17.1. The van der Waals surface area contributed by atoms with Crippen LogP contribution in [0.2, 0.25) is 0 Å². The predicted octanol–water partition coefficient (Wildman–Crippen LogP) is 1.21. The first-order valence-corrected chi connectivity index (χ1v) is 13.2. The van der Waals surface area contributed by atoms with E-state index in [1.807, 2.05) is 0 Å². The van der Waals surface area contributed by atoms with Gasteiger partial charge in [-0.25, -0.2) is 4.79 Å². The minimum absolute atomic E-state index is 0.158. The van der Waals surface area contributed by atoms with E-state index in [9.17, 15) is 34.2 Å². The summed E-state index contributed by atoms with van der Waals surface area (Å²) in [5.74, 6) is -3.39. The molecule has 0 aromatic rings. The largest absolute Gasteiger partial charge is 0.481 e. The quantitative estimate of drug-likeness (QED) is 0.272. The van der Waals surface area contributed by atoms with Crippen molar-refractivity contribution in [2.24, 2.45) is 5.92 Å². The summed E-state index contributed by atoms with van der Waals surface area (Å²) in [5, 5.41) is 24.7. The molecule has 1 aliphatic carbocycles. The van der Waals surface area contributed by atoms with E-state index in [-0.39, 0.29) is 18.5 Å². The average Bonchev–Trinajstić information content (AvgIpc) is 3.36. The number of amides is 3. The summed E-state index contributed by atoms with van der Waals surface area (Å²) in [5.41, 5.74) is 0. The van der Waals surface area contributed by atoms with Crippen LogP contribution in [0.25, 0.3) is 0 Å². The first-order valence-electron chi connectivity index (χ1n) is 13.2. The van der Waals surface area contributed by atoms with Crippen LogP contribution in [0, 0.1) is 5.92 Å². The molecule has 11 nitrogen and oxygen atoms in total. The second-order valence-electron chi connectivity index (χ2n) is 9.91. The Morgan fingerprint density at radius 2 is 1.67 bits per heavy atom. The number of aliphatic carboxylic acids is 2. The van der Waals surface area contributed by atoms with Gasteiger partial charge in [0.2, 0.25) is 17.7 Å². The van der Waals surface area contributed by atoms with Crippen molar-refractivity contribution in [1.82, 2.24) is 20.4 Å². The molecule has 1 saturated carbocycles. The van der Waals surface area contributed by atoms with Crippen molar-refractivity contribution >= 4 is 29.7 Å². The number of rotatable bonds is 14. The van der Waals surface area contributed by atoms with Crippen LogP contribution in [0.3, 0.4) is 0 Å². The highest BCUT2D eigenvalue weighted by Gasteiger charge is 2.38. The van der Waals surface area contributed by atoms with Gasteiger partial charge in [-0.3, -0.25) is 19.2 Å². The number of nitrogens with zero attached hydrogens (tertiary/aromatic N) is 2. The van der Waals surface area contributed by atoms with E-state index in [1.165, 1.54) is 16.7 Å². The molecule has 3 amide bonds. The third-order valence-electron chi connectivity index (χ3n) is 7.29. The van der Waals surface area contributed by atoms with E-state index in [2.05, 4.69) is 10.6 Å². The van der Waals surface area contributed by atoms with Crippen molar-refractivity contribution in [3.63, 3.8) is 0 Å². The van der Waals surface area contributed by atoms with Crippen LogP contribution in [0.1, 0.15) is 78.1 Å². The highest BCUT2D eigenvalue weighted by molar-refractivity contribution is 5.94. The lowest BCUT2D eigenvalue weighted by Gasteiger charge is -2.35. The molecule has 2 rings (SSSR count). The van der Waals surface area contributed by atoms with Gasteiger partial charge in [0.15, 0.2) is 0 Å². The summed E-state index contributed by atoms with van der Waals surface area (Å²) in [6.07, 6.45) is 6.53. The molecule has 0 unspecified atom stereocenters. The van der Waals surface area contributed by atoms with Gasteiger partial charge >= 0.3 is 11.9 Å². The van der Waals surface area contributed by atoms with Gasteiger partial charge in [0.1, 0.15) is 12.1 Å². The first kappa shape index (κ1) is 29.5. The zero-order chi connectivity index (χ0) is 26.7. The number of hydrogen-bond donors (Lipinski definition) is 4. The van der Waals surface area contributed by atoms with Gasteiger partial charge in [-0.15, -0.1) is 0 Å². The number of likely N-dealkylation sites (N-methyl/N-ethyl adjacent to an activating group) is 1. The number of piperidine rings is 1. The molecule has 1 aliphatic heterocycles. The van der Waals surface area contributed by atoms with Crippen LogP contribution in [0.4, 0.5) is 0 Å². The molecule has 1 heterocycles. The highest BCUT2D eigenvalue weighted by Crippen LogP contribution is 2.26. The maximum absolute atomic E-state index is 13.3. The topological polar surface area (TPSA) is 156 Å². The molecule has 36 heavy (non-hydrogen) atoms. The molecular formula is C25H42N4O7. The maximum atomic E-state index is 13.3. The lowest BCUT2D eigenvalue weighted by atomic mass is 9.92. The Hall–Kier alpha value is -2.69. The van der Waals surface area contributed by atoms with E-state index in [1.54, 1.807) is 6.92 Å². The molecule has 1 saturated heterocycles.